The maximum Gasteiger partial charge on any atom is 0.410 e. The lowest BCUT2D eigenvalue weighted by Gasteiger charge is -2.30. The summed E-state index contributed by atoms with van der Waals surface area (Å²) in [5.41, 5.74) is 4.65. The number of nitrogens with one attached hydrogen (secondary N) is 1. The summed E-state index contributed by atoms with van der Waals surface area (Å²) >= 11 is 3.03. The summed E-state index contributed by atoms with van der Waals surface area (Å²) in [5, 5.41) is 3.68. The van der Waals surface area contributed by atoms with Gasteiger partial charge >= 0.3 is 6.09 Å². The lowest BCUT2D eigenvalue weighted by molar-refractivity contribution is -0.135. The van der Waals surface area contributed by atoms with Crippen molar-refractivity contribution in [3.63, 3.8) is 0 Å². The molecule has 3 aromatic heterocycles. The van der Waals surface area contributed by atoms with Crippen LogP contribution in [0.5, 0.6) is 5.75 Å². The third kappa shape index (κ3) is 6.61. The van der Waals surface area contributed by atoms with Gasteiger partial charge in [-0.25, -0.2) is 14.8 Å². The van der Waals surface area contributed by atoms with Crippen molar-refractivity contribution in [2.75, 3.05) is 18.6 Å². The van der Waals surface area contributed by atoms with Crippen LogP contribution >= 0.6 is 22.7 Å². The smallest absolute Gasteiger partial charge is 0.410 e. The van der Waals surface area contributed by atoms with Crippen LogP contribution in [-0.4, -0.2) is 62.6 Å². The zero-order chi connectivity index (χ0) is 31.8. The third-order valence-corrected chi connectivity index (χ3v) is 8.92. The number of nitrogens with zero attached hydrogens (tertiary/aromatic N) is 4. The highest BCUT2D eigenvalue weighted by Gasteiger charge is 2.30. The van der Waals surface area contributed by atoms with Crippen LogP contribution in [0.25, 0.3) is 31.4 Å². The molecule has 0 unspecified atom stereocenters. The molecule has 4 aromatic rings. The molecule has 0 atom stereocenters. The predicted molar refractivity (Wildman–Crippen MR) is 174 cm³/mol. The highest BCUT2D eigenvalue weighted by atomic mass is 32.1. The Hall–Kier alpha value is -4.29. The number of hydrogen-bond donors (Lipinski definition) is 1. The molecule has 0 spiro atoms. The Morgan fingerprint density at radius 3 is 2.41 bits per heavy atom. The van der Waals surface area contributed by atoms with Crippen LogP contribution in [0.15, 0.2) is 53.4 Å². The molecule has 230 valence electrons. The van der Waals surface area contributed by atoms with Crippen LogP contribution in [-0.2, 0) is 14.3 Å². The van der Waals surface area contributed by atoms with E-state index in [2.05, 4.69) is 5.43 Å². The first-order valence-electron chi connectivity index (χ1n) is 14.2. The van der Waals surface area contributed by atoms with Gasteiger partial charge in [0.15, 0.2) is 11.6 Å². The number of amides is 3. The maximum atomic E-state index is 12.6. The van der Waals surface area contributed by atoms with E-state index in [1.165, 1.54) is 28.7 Å². The summed E-state index contributed by atoms with van der Waals surface area (Å²) in [7, 11) is 0. The monoisotopic (exact) mass is 633 g/mol. The van der Waals surface area contributed by atoms with Gasteiger partial charge in [-0.2, -0.15) is 5.01 Å². The van der Waals surface area contributed by atoms with Crippen LogP contribution in [0.3, 0.4) is 0 Å². The van der Waals surface area contributed by atoms with E-state index >= 15 is 0 Å². The second kappa shape index (κ2) is 12.4. The van der Waals surface area contributed by atoms with Crippen molar-refractivity contribution in [1.29, 1.82) is 0 Å². The summed E-state index contributed by atoms with van der Waals surface area (Å²) in [6.45, 7) is 13.7. The van der Waals surface area contributed by atoms with E-state index in [0.29, 0.717) is 36.1 Å². The van der Waals surface area contributed by atoms with E-state index < -0.39 is 17.4 Å². The maximum absolute atomic E-state index is 12.6. The molecule has 0 radical (unpaired) electrons. The van der Waals surface area contributed by atoms with Gasteiger partial charge in [-0.05, 0) is 95.3 Å². The fourth-order valence-corrected chi connectivity index (χ4v) is 6.50. The molecule has 0 saturated heterocycles. The molecule has 12 heteroatoms. The number of rotatable bonds is 9. The number of anilines is 1. The molecular formula is C32H35N5O5S2. The molecule has 4 heterocycles. The molecule has 10 nitrogen and oxygen atoms in total. The fourth-order valence-electron chi connectivity index (χ4n) is 4.66. The number of imide groups is 1. The molecular weight excluding hydrogens is 599 g/mol. The van der Waals surface area contributed by atoms with Gasteiger partial charge in [0.05, 0.1) is 16.8 Å². The molecule has 1 aliphatic heterocycles. The molecule has 0 fully saturated rings. The summed E-state index contributed by atoms with van der Waals surface area (Å²) in [6, 6.07) is 11.6. The number of ether oxygens (including phenoxy) is 2. The van der Waals surface area contributed by atoms with Crippen molar-refractivity contribution in [3.8, 4) is 26.9 Å². The van der Waals surface area contributed by atoms with Crippen LogP contribution in [0.4, 0.5) is 10.6 Å². The number of hydrazine groups is 1. The number of carbonyl (C=O) groups excluding carboxylic acids is 3. The molecule has 0 bridgehead atoms. The Kier molecular flexibility index (Phi) is 8.76. The number of thiophene rings is 2. The predicted octanol–water partition coefficient (Wildman–Crippen LogP) is 7.06. The Morgan fingerprint density at radius 1 is 1.09 bits per heavy atom. The normalized spacial score (nSPS) is 13.5. The minimum atomic E-state index is -0.571. The van der Waals surface area contributed by atoms with Gasteiger partial charge in [0, 0.05) is 22.6 Å². The zero-order valence-corrected chi connectivity index (χ0v) is 27.4. The number of aryl methyl sites for hydroxylation is 1. The lowest BCUT2D eigenvalue weighted by Crippen LogP contribution is -2.43. The Balaban J connectivity index is 1.38. The number of benzene rings is 1. The van der Waals surface area contributed by atoms with Crippen LogP contribution in [0.2, 0.25) is 0 Å². The first-order chi connectivity index (χ1) is 20.8. The second-order valence-corrected chi connectivity index (χ2v) is 13.6. The molecule has 1 N–H and O–H groups in total. The van der Waals surface area contributed by atoms with Crippen molar-refractivity contribution in [2.24, 2.45) is 0 Å². The van der Waals surface area contributed by atoms with Crippen LogP contribution in [0, 0.1) is 6.92 Å². The van der Waals surface area contributed by atoms with Crippen LogP contribution in [0.1, 0.15) is 47.1 Å². The SMILES string of the molecule is CC1=CC(=O)N(Nc2nc(-c3cccs3)nc3sc(-c4ccc(OCCN(C(=O)OC(C)(C)C)C(C)C)cc4)c(C)c23)C1=O. The van der Waals surface area contributed by atoms with E-state index in [4.69, 9.17) is 19.4 Å². The molecule has 1 aliphatic rings. The van der Waals surface area contributed by atoms with E-state index in [1.54, 1.807) is 11.8 Å². The third-order valence-electron chi connectivity index (χ3n) is 6.82. The van der Waals surface area contributed by atoms with Gasteiger partial charge in [0.25, 0.3) is 11.8 Å². The Bertz CT molecular complexity index is 1740. The van der Waals surface area contributed by atoms with Gasteiger partial charge in [-0.3, -0.25) is 15.0 Å². The fraction of sp³-hybridized carbons (Fsp3) is 0.344. The molecule has 3 amide bonds. The Labute approximate surface area is 264 Å². The van der Waals surface area contributed by atoms with E-state index in [9.17, 15) is 14.4 Å². The average molecular weight is 634 g/mol. The van der Waals surface area contributed by atoms with Crippen molar-refractivity contribution < 1.29 is 23.9 Å². The molecule has 5 rings (SSSR count). The minimum Gasteiger partial charge on any atom is -0.492 e. The number of hydrogen-bond acceptors (Lipinski definition) is 10. The quantitative estimate of drug-likeness (QED) is 0.195. The topological polar surface area (TPSA) is 114 Å². The first kappa shape index (κ1) is 31.1. The lowest BCUT2D eigenvalue weighted by atomic mass is 10.1. The highest BCUT2D eigenvalue weighted by molar-refractivity contribution is 7.22. The van der Waals surface area contributed by atoms with Gasteiger partial charge < -0.3 is 14.4 Å². The molecule has 1 aromatic carbocycles. The van der Waals surface area contributed by atoms with Crippen molar-refractivity contribution in [3.05, 3.63) is 59.0 Å². The molecule has 0 aliphatic carbocycles. The van der Waals surface area contributed by atoms with Gasteiger partial charge in [0.2, 0.25) is 0 Å². The summed E-state index contributed by atoms with van der Waals surface area (Å²) in [5.74, 6) is 0.727. The minimum absolute atomic E-state index is 0.0310. The first-order valence-corrected chi connectivity index (χ1v) is 15.9. The standard InChI is InChI=1S/C32H35N5O5S2/c1-18(2)36(31(40)42-32(5,6)7)14-15-41-22-12-10-21(11-13-22)26-20(4)25-28(35-37-24(38)17-19(3)30(37)39)33-27(34-29(25)44-26)23-9-8-16-43-23/h8-13,16-18H,14-15H2,1-7H3,(H,33,34,35). The highest BCUT2D eigenvalue weighted by Crippen LogP contribution is 2.42. The summed E-state index contributed by atoms with van der Waals surface area (Å²) < 4.78 is 11.5. The van der Waals surface area contributed by atoms with Crippen molar-refractivity contribution in [1.82, 2.24) is 19.9 Å². The van der Waals surface area contributed by atoms with E-state index in [0.717, 1.165) is 36.1 Å². The van der Waals surface area contributed by atoms with Gasteiger partial charge in [-0.1, -0.05) is 6.07 Å². The number of fused-ring (bicyclic) bond motifs is 1. The largest absolute Gasteiger partial charge is 0.492 e. The van der Waals surface area contributed by atoms with Crippen molar-refractivity contribution in [2.45, 2.75) is 60.1 Å². The number of carbonyl (C=O) groups is 3. The van der Waals surface area contributed by atoms with Crippen molar-refractivity contribution >= 4 is 56.6 Å². The second-order valence-electron chi connectivity index (χ2n) is 11.7. The summed E-state index contributed by atoms with van der Waals surface area (Å²) in [4.78, 5) is 51.6. The van der Waals surface area contributed by atoms with Gasteiger partial charge in [0.1, 0.15) is 22.8 Å². The Morgan fingerprint density at radius 2 is 1.82 bits per heavy atom. The average Bonchev–Trinajstić information content (AvgIpc) is 3.66. The van der Waals surface area contributed by atoms with Gasteiger partial charge in [-0.15, -0.1) is 22.7 Å². The zero-order valence-electron chi connectivity index (χ0n) is 25.8. The molecule has 44 heavy (non-hydrogen) atoms. The summed E-state index contributed by atoms with van der Waals surface area (Å²) in [6.07, 6.45) is 0.942. The van der Waals surface area contributed by atoms with E-state index in [1.807, 2.05) is 83.3 Å². The number of aromatic nitrogens is 2. The van der Waals surface area contributed by atoms with E-state index in [-0.39, 0.29) is 12.1 Å². The van der Waals surface area contributed by atoms with Crippen LogP contribution < -0.4 is 10.2 Å². The molecule has 0 saturated carbocycles.